The van der Waals surface area contributed by atoms with Crippen molar-refractivity contribution >= 4 is 17.4 Å². The minimum atomic E-state index is 0.444. The molecule has 0 aromatic carbocycles. The van der Waals surface area contributed by atoms with E-state index in [9.17, 15) is 0 Å². The number of hydrogen-bond donors (Lipinski definition) is 0. The van der Waals surface area contributed by atoms with Gasteiger partial charge in [0, 0.05) is 31.2 Å². The Kier molecular flexibility index (Phi) is 3.30. The van der Waals surface area contributed by atoms with E-state index >= 15 is 0 Å². The number of aromatic nitrogens is 4. The first-order valence-electron chi connectivity index (χ1n) is 7.57. The topological polar surface area (TPSA) is 46.8 Å². The van der Waals surface area contributed by atoms with E-state index in [0.717, 1.165) is 31.2 Å². The molecule has 2 aromatic heterocycles. The smallest absolute Gasteiger partial charge is 0.137 e. The van der Waals surface area contributed by atoms with Crippen molar-refractivity contribution in [1.82, 2.24) is 19.7 Å². The van der Waals surface area contributed by atoms with Crippen molar-refractivity contribution in [3.63, 3.8) is 0 Å². The zero-order valence-electron chi connectivity index (χ0n) is 11.8. The summed E-state index contributed by atoms with van der Waals surface area (Å²) in [6, 6.07) is 4.54. The van der Waals surface area contributed by atoms with Crippen LogP contribution in [-0.4, -0.2) is 32.8 Å². The first-order valence-corrected chi connectivity index (χ1v) is 7.95. The monoisotopic (exact) mass is 303 g/mol. The van der Waals surface area contributed by atoms with E-state index in [-0.39, 0.29) is 0 Å². The van der Waals surface area contributed by atoms with Crippen molar-refractivity contribution in [2.24, 2.45) is 0 Å². The summed E-state index contributed by atoms with van der Waals surface area (Å²) >= 11 is 5.92. The fraction of sp³-hybridized carbons (Fsp3) is 0.533. The molecule has 1 aliphatic carbocycles. The Hall–Kier alpha value is -1.62. The van der Waals surface area contributed by atoms with Crippen LogP contribution in [0.15, 0.2) is 24.7 Å². The molecule has 2 fully saturated rings. The molecule has 3 heterocycles. The Morgan fingerprint density at radius 3 is 2.86 bits per heavy atom. The summed E-state index contributed by atoms with van der Waals surface area (Å²) in [5.41, 5.74) is 0. The molecule has 1 saturated heterocycles. The van der Waals surface area contributed by atoms with Crippen LogP contribution in [0.25, 0.3) is 0 Å². The molecule has 110 valence electrons. The summed E-state index contributed by atoms with van der Waals surface area (Å²) in [7, 11) is 0. The average molecular weight is 304 g/mol. The SMILES string of the molecule is Clc1ccc(N2CCC[C@H](c3nncn3C3CC3)C2)nc1. The highest BCUT2D eigenvalue weighted by Crippen LogP contribution is 2.38. The molecule has 1 aliphatic heterocycles. The zero-order chi connectivity index (χ0) is 14.2. The molecule has 0 amide bonds. The molecule has 0 bridgehead atoms. The van der Waals surface area contributed by atoms with E-state index in [0.29, 0.717) is 17.0 Å². The van der Waals surface area contributed by atoms with Gasteiger partial charge in [0.25, 0.3) is 0 Å². The summed E-state index contributed by atoms with van der Waals surface area (Å²) in [6.45, 7) is 2.00. The van der Waals surface area contributed by atoms with E-state index in [1.54, 1.807) is 6.20 Å². The summed E-state index contributed by atoms with van der Waals surface area (Å²) in [6.07, 6.45) is 8.47. The van der Waals surface area contributed by atoms with Gasteiger partial charge in [-0.2, -0.15) is 0 Å². The molecule has 2 aromatic rings. The summed E-state index contributed by atoms with van der Waals surface area (Å²) < 4.78 is 2.28. The Balaban J connectivity index is 1.54. The predicted molar refractivity (Wildman–Crippen MR) is 81.7 cm³/mol. The van der Waals surface area contributed by atoms with Crippen LogP contribution >= 0.6 is 11.6 Å². The molecular weight excluding hydrogens is 286 g/mol. The van der Waals surface area contributed by atoms with Crippen LogP contribution in [0.5, 0.6) is 0 Å². The van der Waals surface area contributed by atoms with Crippen molar-refractivity contribution in [3.05, 3.63) is 35.5 Å². The van der Waals surface area contributed by atoms with Gasteiger partial charge >= 0.3 is 0 Å². The van der Waals surface area contributed by atoms with Gasteiger partial charge in [-0.05, 0) is 37.8 Å². The van der Waals surface area contributed by atoms with Gasteiger partial charge in [-0.3, -0.25) is 0 Å². The third kappa shape index (κ3) is 2.62. The fourth-order valence-electron chi connectivity index (χ4n) is 3.13. The van der Waals surface area contributed by atoms with Crippen molar-refractivity contribution in [1.29, 1.82) is 0 Å². The van der Waals surface area contributed by atoms with E-state index < -0.39 is 0 Å². The third-order valence-electron chi connectivity index (χ3n) is 4.36. The normalized spacial score (nSPS) is 22.5. The number of rotatable bonds is 3. The van der Waals surface area contributed by atoms with Gasteiger partial charge in [-0.25, -0.2) is 4.98 Å². The summed E-state index contributed by atoms with van der Waals surface area (Å²) in [5.74, 6) is 2.59. The molecule has 4 rings (SSSR count). The van der Waals surface area contributed by atoms with Gasteiger partial charge in [0.1, 0.15) is 18.0 Å². The van der Waals surface area contributed by atoms with Crippen molar-refractivity contribution in [2.75, 3.05) is 18.0 Å². The zero-order valence-corrected chi connectivity index (χ0v) is 12.6. The summed E-state index contributed by atoms with van der Waals surface area (Å²) in [4.78, 5) is 6.77. The van der Waals surface area contributed by atoms with Gasteiger partial charge in [0.2, 0.25) is 0 Å². The number of halogens is 1. The second-order valence-electron chi connectivity index (χ2n) is 5.95. The molecule has 5 nitrogen and oxygen atoms in total. The van der Waals surface area contributed by atoms with Crippen LogP contribution in [0.2, 0.25) is 5.02 Å². The van der Waals surface area contributed by atoms with Gasteiger partial charge < -0.3 is 9.47 Å². The van der Waals surface area contributed by atoms with E-state index in [1.807, 2.05) is 18.5 Å². The maximum atomic E-state index is 5.92. The van der Waals surface area contributed by atoms with Crippen LogP contribution in [0.4, 0.5) is 5.82 Å². The predicted octanol–water partition coefficient (Wildman–Crippen LogP) is 3.05. The number of piperidine rings is 1. The van der Waals surface area contributed by atoms with E-state index in [2.05, 4.69) is 24.6 Å². The number of anilines is 1. The first kappa shape index (κ1) is 13.1. The minimum Gasteiger partial charge on any atom is -0.356 e. The molecule has 1 atom stereocenters. The van der Waals surface area contributed by atoms with Crippen molar-refractivity contribution in [3.8, 4) is 0 Å². The molecule has 0 spiro atoms. The molecule has 0 radical (unpaired) electrons. The fourth-order valence-corrected chi connectivity index (χ4v) is 3.24. The van der Waals surface area contributed by atoms with Crippen molar-refractivity contribution < 1.29 is 0 Å². The maximum absolute atomic E-state index is 5.92. The average Bonchev–Trinajstić information content (AvgIpc) is 3.25. The second-order valence-corrected chi connectivity index (χ2v) is 6.38. The van der Waals surface area contributed by atoms with Crippen LogP contribution < -0.4 is 4.90 Å². The minimum absolute atomic E-state index is 0.444. The van der Waals surface area contributed by atoms with Crippen LogP contribution in [0.1, 0.15) is 43.5 Å². The lowest BCUT2D eigenvalue weighted by molar-refractivity contribution is 0.469. The van der Waals surface area contributed by atoms with Crippen LogP contribution in [0.3, 0.4) is 0 Å². The molecule has 6 heteroatoms. The highest BCUT2D eigenvalue weighted by atomic mass is 35.5. The lowest BCUT2D eigenvalue weighted by Crippen LogP contribution is -2.35. The Bertz CT molecular complexity index is 619. The third-order valence-corrected chi connectivity index (χ3v) is 4.59. The molecule has 21 heavy (non-hydrogen) atoms. The highest BCUT2D eigenvalue weighted by Gasteiger charge is 2.31. The lowest BCUT2D eigenvalue weighted by atomic mass is 9.97. The molecule has 0 N–H and O–H groups in total. The highest BCUT2D eigenvalue weighted by molar-refractivity contribution is 6.30. The molecule has 0 unspecified atom stereocenters. The van der Waals surface area contributed by atoms with Gasteiger partial charge in [0.15, 0.2) is 0 Å². The van der Waals surface area contributed by atoms with E-state index in [1.165, 1.54) is 19.3 Å². The lowest BCUT2D eigenvalue weighted by Gasteiger charge is -2.33. The molecule has 2 aliphatic rings. The van der Waals surface area contributed by atoms with Crippen molar-refractivity contribution in [2.45, 2.75) is 37.6 Å². The van der Waals surface area contributed by atoms with Gasteiger partial charge in [-0.1, -0.05) is 11.6 Å². The van der Waals surface area contributed by atoms with Gasteiger partial charge in [-0.15, -0.1) is 10.2 Å². The Morgan fingerprint density at radius 1 is 1.19 bits per heavy atom. The number of hydrogen-bond acceptors (Lipinski definition) is 4. The molecule has 1 saturated carbocycles. The molecular formula is C15H18ClN5. The van der Waals surface area contributed by atoms with Gasteiger partial charge in [0.05, 0.1) is 5.02 Å². The first-order chi connectivity index (χ1) is 10.3. The van der Waals surface area contributed by atoms with E-state index in [4.69, 9.17) is 11.6 Å². The Morgan fingerprint density at radius 2 is 2.10 bits per heavy atom. The van der Waals surface area contributed by atoms with Crippen LogP contribution in [0, 0.1) is 0 Å². The number of pyridine rings is 1. The maximum Gasteiger partial charge on any atom is 0.137 e. The Labute approximate surface area is 129 Å². The largest absolute Gasteiger partial charge is 0.356 e. The standard InChI is InChI=1S/C15H18ClN5/c16-12-3-6-14(17-8-12)20-7-1-2-11(9-20)15-19-18-10-21(15)13-4-5-13/h3,6,8,10-11,13H,1-2,4-5,7,9H2/t11-/m0/s1. The quantitative estimate of drug-likeness (QED) is 0.874. The second kappa shape index (κ2) is 5.30. The summed E-state index contributed by atoms with van der Waals surface area (Å²) in [5, 5.41) is 9.20. The number of nitrogens with zero attached hydrogens (tertiary/aromatic N) is 5. The van der Waals surface area contributed by atoms with Crippen LogP contribution in [-0.2, 0) is 0 Å².